The summed E-state index contributed by atoms with van der Waals surface area (Å²) in [5, 5.41) is 0. The lowest BCUT2D eigenvalue weighted by Gasteiger charge is -2.21. The lowest BCUT2D eigenvalue weighted by Crippen LogP contribution is -2.30. The molecule has 1 aromatic rings. The lowest BCUT2D eigenvalue weighted by molar-refractivity contribution is -0.180. The van der Waals surface area contributed by atoms with Crippen LogP contribution in [0.2, 0.25) is 0 Å². The normalized spacial score (nSPS) is 27.9. The largest absolute Gasteiger partial charge is 0.467 e. The van der Waals surface area contributed by atoms with Crippen molar-refractivity contribution in [3.05, 3.63) is 35.6 Å². The fourth-order valence-corrected chi connectivity index (χ4v) is 2.98. The number of esters is 1. The van der Waals surface area contributed by atoms with Gasteiger partial charge in [-0.15, -0.1) is 0 Å². The van der Waals surface area contributed by atoms with Crippen molar-refractivity contribution in [2.45, 2.75) is 43.7 Å². The van der Waals surface area contributed by atoms with Crippen LogP contribution in [0.4, 0.5) is 4.39 Å². The topological polar surface area (TPSA) is 44.8 Å². The minimum Gasteiger partial charge on any atom is -0.467 e. The van der Waals surface area contributed by atoms with E-state index in [1.54, 1.807) is 18.2 Å². The molecule has 0 aromatic heterocycles. The molecule has 4 nitrogen and oxygen atoms in total. The van der Waals surface area contributed by atoms with Crippen LogP contribution in [0.3, 0.4) is 0 Å². The van der Waals surface area contributed by atoms with Gasteiger partial charge in [-0.3, -0.25) is 0 Å². The van der Waals surface area contributed by atoms with E-state index >= 15 is 0 Å². The quantitative estimate of drug-likeness (QED) is 0.781. The average Bonchev–Trinajstić information content (AvgIpc) is 3.07. The Morgan fingerprint density at radius 2 is 2.00 bits per heavy atom. The summed E-state index contributed by atoms with van der Waals surface area (Å²) >= 11 is 0. The Hall–Kier alpha value is -1.46. The zero-order chi connectivity index (χ0) is 14.2. The summed E-state index contributed by atoms with van der Waals surface area (Å²) in [6, 6.07) is 6.29. The maximum Gasteiger partial charge on any atom is 0.338 e. The molecule has 0 amide bonds. The van der Waals surface area contributed by atoms with Gasteiger partial charge in [-0.05, 0) is 18.9 Å². The van der Waals surface area contributed by atoms with Crippen molar-refractivity contribution >= 4 is 5.97 Å². The molecule has 0 bridgehead atoms. The van der Waals surface area contributed by atoms with Crippen molar-refractivity contribution < 1.29 is 23.4 Å². The van der Waals surface area contributed by atoms with E-state index in [9.17, 15) is 9.18 Å². The maximum absolute atomic E-state index is 14.0. The van der Waals surface area contributed by atoms with Crippen LogP contribution in [0.15, 0.2) is 24.3 Å². The Balaban J connectivity index is 1.94. The van der Waals surface area contributed by atoms with Gasteiger partial charge in [0.15, 0.2) is 11.9 Å². The Kier molecular flexibility index (Phi) is 3.48. The summed E-state index contributed by atoms with van der Waals surface area (Å²) in [5.74, 6) is -1.68. The van der Waals surface area contributed by atoms with Crippen LogP contribution in [0.25, 0.3) is 0 Å². The van der Waals surface area contributed by atoms with Gasteiger partial charge in [-0.2, -0.15) is 0 Å². The van der Waals surface area contributed by atoms with Gasteiger partial charge in [0.1, 0.15) is 11.9 Å². The van der Waals surface area contributed by atoms with Gasteiger partial charge >= 0.3 is 5.97 Å². The molecule has 108 valence electrons. The average molecular weight is 280 g/mol. The zero-order valence-electron chi connectivity index (χ0n) is 11.3. The molecular weight excluding hydrogens is 263 g/mol. The van der Waals surface area contributed by atoms with Crippen molar-refractivity contribution in [2.75, 3.05) is 7.11 Å². The molecule has 0 N–H and O–H groups in total. The van der Waals surface area contributed by atoms with E-state index in [0.717, 1.165) is 25.7 Å². The lowest BCUT2D eigenvalue weighted by atomic mass is 10.0. The minimum atomic E-state index is -0.907. The molecule has 1 aliphatic heterocycles. The van der Waals surface area contributed by atoms with E-state index in [2.05, 4.69) is 0 Å². The Morgan fingerprint density at radius 3 is 2.65 bits per heavy atom. The number of benzene rings is 1. The van der Waals surface area contributed by atoms with E-state index in [4.69, 9.17) is 14.2 Å². The van der Waals surface area contributed by atoms with Gasteiger partial charge in [-0.1, -0.05) is 18.2 Å². The van der Waals surface area contributed by atoms with Gasteiger partial charge in [0, 0.05) is 18.4 Å². The van der Waals surface area contributed by atoms with Crippen LogP contribution in [0, 0.1) is 5.82 Å². The van der Waals surface area contributed by atoms with Gasteiger partial charge in [0.2, 0.25) is 0 Å². The van der Waals surface area contributed by atoms with Crippen molar-refractivity contribution in [2.24, 2.45) is 0 Å². The minimum absolute atomic E-state index is 0.340. The first-order chi connectivity index (χ1) is 9.65. The summed E-state index contributed by atoms with van der Waals surface area (Å²) in [5.41, 5.74) is 0.340. The van der Waals surface area contributed by atoms with Crippen LogP contribution in [-0.2, 0) is 19.0 Å². The van der Waals surface area contributed by atoms with Crippen molar-refractivity contribution in [3.8, 4) is 0 Å². The zero-order valence-corrected chi connectivity index (χ0v) is 11.3. The first kappa shape index (κ1) is 13.5. The summed E-state index contributed by atoms with van der Waals surface area (Å²) < 4.78 is 30.5. The highest BCUT2D eigenvalue weighted by atomic mass is 19.1. The fraction of sp³-hybridized carbons (Fsp3) is 0.533. The molecule has 1 aromatic carbocycles. The number of rotatable bonds is 2. The third-order valence-electron chi connectivity index (χ3n) is 3.97. The van der Waals surface area contributed by atoms with Gasteiger partial charge in [0.25, 0.3) is 0 Å². The fourth-order valence-electron chi connectivity index (χ4n) is 2.98. The third kappa shape index (κ3) is 2.21. The highest BCUT2D eigenvalue weighted by Gasteiger charge is 2.53. The molecule has 2 atom stereocenters. The predicted octanol–water partition coefficient (Wildman–Crippen LogP) is 2.73. The first-order valence-corrected chi connectivity index (χ1v) is 6.83. The number of ether oxygens (including phenoxy) is 3. The Bertz CT molecular complexity index is 510. The van der Waals surface area contributed by atoms with Crippen molar-refractivity contribution in [3.63, 3.8) is 0 Å². The number of hydrogen-bond acceptors (Lipinski definition) is 4. The molecule has 1 aliphatic carbocycles. The first-order valence-electron chi connectivity index (χ1n) is 6.83. The highest BCUT2D eigenvalue weighted by molar-refractivity contribution is 5.76. The second-order valence-electron chi connectivity index (χ2n) is 5.24. The maximum atomic E-state index is 14.0. The molecule has 1 heterocycles. The molecule has 20 heavy (non-hydrogen) atoms. The van der Waals surface area contributed by atoms with Gasteiger partial charge in [-0.25, -0.2) is 9.18 Å². The molecule has 3 rings (SSSR count). The van der Waals surface area contributed by atoms with Crippen LogP contribution in [0.5, 0.6) is 0 Å². The SMILES string of the molecule is COC(=O)[C@H]1OC2(CCCC2)O[C@@H]1c1ccccc1F. The van der Waals surface area contributed by atoms with Crippen LogP contribution < -0.4 is 0 Å². The number of carbonyl (C=O) groups is 1. The predicted molar refractivity (Wildman–Crippen MR) is 68.3 cm³/mol. The van der Waals surface area contributed by atoms with Crippen molar-refractivity contribution in [1.29, 1.82) is 0 Å². The van der Waals surface area contributed by atoms with Crippen molar-refractivity contribution in [1.82, 2.24) is 0 Å². The summed E-state index contributed by atoms with van der Waals surface area (Å²) in [6.45, 7) is 0. The summed E-state index contributed by atoms with van der Waals surface area (Å²) in [7, 11) is 1.30. The monoisotopic (exact) mass is 280 g/mol. The second kappa shape index (κ2) is 5.14. The molecule has 0 unspecified atom stereocenters. The van der Waals surface area contributed by atoms with Gasteiger partial charge < -0.3 is 14.2 Å². The van der Waals surface area contributed by atoms with Gasteiger partial charge in [0.05, 0.1) is 7.11 Å². The van der Waals surface area contributed by atoms with Crippen LogP contribution in [0.1, 0.15) is 37.4 Å². The van der Waals surface area contributed by atoms with E-state index < -0.39 is 29.8 Å². The molecule has 1 saturated carbocycles. The molecule has 5 heteroatoms. The summed E-state index contributed by atoms with van der Waals surface area (Å²) in [6.07, 6.45) is 1.77. The molecule has 2 fully saturated rings. The van der Waals surface area contributed by atoms with E-state index in [-0.39, 0.29) is 0 Å². The van der Waals surface area contributed by atoms with Crippen LogP contribution in [-0.4, -0.2) is 25.0 Å². The second-order valence-corrected chi connectivity index (χ2v) is 5.24. The standard InChI is InChI=1S/C15H17FO4/c1-18-14(17)13-12(10-6-2-3-7-11(10)16)19-15(20-13)8-4-5-9-15/h2-3,6-7,12-13H,4-5,8-9H2,1H3/t12-,13+/m1/s1. The smallest absolute Gasteiger partial charge is 0.338 e. The molecule has 1 spiro atoms. The summed E-state index contributed by atoms with van der Waals surface area (Å²) in [4.78, 5) is 11.9. The Morgan fingerprint density at radius 1 is 1.30 bits per heavy atom. The number of halogens is 1. The number of methoxy groups -OCH3 is 1. The van der Waals surface area contributed by atoms with E-state index in [1.807, 2.05) is 0 Å². The third-order valence-corrected chi connectivity index (χ3v) is 3.97. The Labute approximate surface area is 116 Å². The van der Waals surface area contributed by atoms with E-state index in [1.165, 1.54) is 13.2 Å². The number of carbonyl (C=O) groups excluding carboxylic acids is 1. The van der Waals surface area contributed by atoms with Crippen LogP contribution >= 0.6 is 0 Å². The molecule has 2 aliphatic rings. The molecule has 0 radical (unpaired) electrons. The number of hydrogen-bond donors (Lipinski definition) is 0. The highest BCUT2D eigenvalue weighted by Crippen LogP contribution is 2.47. The van der Waals surface area contributed by atoms with E-state index in [0.29, 0.717) is 5.56 Å². The molecule has 1 saturated heterocycles. The molecular formula is C15H17FO4.